The highest BCUT2D eigenvalue weighted by Gasteiger charge is 2.19. The molecule has 2 nitrogen and oxygen atoms in total. The van der Waals surface area contributed by atoms with Crippen LogP contribution in [-0.4, -0.2) is 37.1 Å². The van der Waals surface area contributed by atoms with E-state index < -0.39 is 0 Å². The maximum atomic E-state index is 3.64. The summed E-state index contributed by atoms with van der Waals surface area (Å²) in [7, 11) is 0. The topological polar surface area (TPSA) is 15.3 Å². The minimum Gasteiger partial charge on any atom is -0.313 e. The summed E-state index contributed by atoms with van der Waals surface area (Å²) in [4.78, 5) is 2.52. The maximum Gasteiger partial charge on any atom is 0.0207 e. The summed E-state index contributed by atoms with van der Waals surface area (Å²) >= 11 is 0. The molecule has 92 valence electrons. The van der Waals surface area contributed by atoms with Crippen molar-refractivity contribution >= 4 is 0 Å². The van der Waals surface area contributed by atoms with Crippen molar-refractivity contribution in [2.24, 2.45) is 5.92 Å². The Bertz CT molecular complexity index is 134. The van der Waals surface area contributed by atoms with E-state index in [1.165, 1.54) is 39.0 Å². The molecule has 0 aromatic heterocycles. The molecule has 1 fully saturated rings. The van der Waals surface area contributed by atoms with Crippen molar-refractivity contribution < 1.29 is 0 Å². The van der Waals surface area contributed by atoms with E-state index in [9.17, 15) is 0 Å². The van der Waals surface area contributed by atoms with E-state index >= 15 is 0 Å². The second-order valence-corrected chi connectivity index (χ2v) is 4.52. The monoisotopic (exact) mass is 214 g/mol. The summed E-state index contributed by atoms with van der Waals surface area (Å²) < 4.78 is 0. The van der Waals surface area contributed by atoms with E-state index in [0.717, 1.165) is 12.0 Å². The van der Waals surface area contributed by atoms with Gasteiger partial charge in [-0.25, -0.2) is 0 Å². The zero-order chi connectivity index (χ0) is 11.7. The van der Waals surface area contributed by atoms with Gasteiger partial charge in [0.15, 0.2) is 0 Å². The lowest BCUT2D eigenvalue weighted by molar-refractivity contribution is 0.344. The lowest BCUT2D eigenvalue weighted by Gasteiger charge is -2.15. The molecular formula is C13H30N2. The van der Waals surface area contributed by atoms with Crippen molar-refractivity contribution in [1.82, 2.24) is 10.2 Å². The van der Waals surface area contributed by atoms with Crippen LogP contribution in [0.4, 0.5) is 0 Å². The van der Waals surface area contributed by atoms with Crippen molar-refractivity contribution in [1.29, 1.82) is 0 Å². The molecule has 0 radical (unpaired) electrons. The van der Waals surface area contributed by atoms with Crippen LogP contribution in [0.15, 0.2) is 0 Å². The van der Waals surface area contributed by atoms with Crippen molar-refractivity contribution in [3.05, 3.63) is 0 Å². The highest BCUT2D eigenvalue weighted by molar-refractivity contribution is 4.79. The quantitative estimate of drug-likeness (QED) is 0.757. The van der Waals surface area contributed by atoms with Crippen LogP contribution in [0.5, 0.6) is 0 Å². The normalized spacial score (nSPS) is 21.6. The second-order valence-electron chi connectivity index (χ2n) is 4.52. The number of likely N-dealkylation sites (N-methyl/N-ethyl adjacent to an activating group) is 1. The maximum absolute atomic E-state index is 3.64. The SMILES string of the molecule is CC.CCN1CCC(NCCC(C)C)C1. The Kier molecular flexibility index (Phi) is 9.12. The van der Waals surface area contributed by atoms with Crippen molar-refractivity contribution in [3.63, 3.8) is 0 Å². The molecule has 0 aromatic carbocycles. The Morgan fingerprint density at radius 1 is 1.33 bits per heavy atom. The van der Waals surface area contributed by atoms with Crippen LogP contribution in [0.2, 0.25) is 0 Å². The van der Waals surface area contributed by atoms with Gasteiger partial charge in [0.05, 0.1) is 0 Å². The molecule has 0 saturated carbocycles. The van der Waals surface area contributed by atoms with Crippen LogP contribution in [0.25, 0.3) is 0 Å². The van der Waals surface area contributed by atoms with Gasteiger partial charge in [0.2, 0.25) is 0 Å². The average molecular weight is 214 g/mol. The molecule has 1 atom stereocenters. The first-order valence-electron chi connectivity index (χ1n) is 6.68. The smallest absolute Gasteiger partial charge is 0.0207 e. The molecule has 0 aliphatic carbocycles. The molecule has 1 rings (SSSR count). The van der Waals surface area contributed by atoms with Crippen molar-refractivity contribution in [3.8, 4) is 0 Å². The van der Waals surface area contributed by atoms with E-state index in [0.29, 0.717) is 0 Å². The number of likely N-dealkylation sites (tertiary alicyclic amines) is 1. The zero-order valence-electron chi connectivity index (χ0n) is 11.3. The Labute approximate surface area is 96.4 Å². The van der Waals surface area contributed by atoms with Gasteiger partial charge >= 0.3 is 0 Å². The van der Waals surface area contributed by atoms with Crippen LogP contribution < -0.4 is 5.32 Å². The molecule has 1 unspecified atom stereocenters. The number of nitrogens with one attached hydrogen (secondary N) is 1. The molecule has 1 aliphatic heterocycles. The third-order valence-electron chi connectivity index (χ3n) is 2.87. The number of hydrogen-bond donors (Lipinski definition) is 1. The van der Waals surface area contributed by atoms with E-state index in [2.05, 4.69) is 31.0 Å². The van der Waals surface area contributed by atoms with Gasteiger partial charge in [0, 0.05) is 12.6 Å². The number of rotatable bonds is 5. The van der Waals surface area contributed by atoms with Gasteiger partial charge in [-0.1, -0.05) is 34.6 Å². The van der Waals surface area contributed by atoms with Gasteiger partial charge in [-0.15, -0.1) is 0 Å². The van der Waals surface area contributed by atoms with Crippen LogP contribution in [-0.2, 0) is 0 Å². The zero-order valence-corrected chi connectivity index (χ0v) is 11.3. The molecule has 1 heterocycles. The second kappa shape index (κ2) is 9.17. The highest BCUT2D eigenvalue weighted by Crippen LogP contribution is 2.08. The van der Waals surface area contributed by atoms with E-state index in [1.807, 2.05) is 13.8 Å². The van der Waals surface area contributed by atoms with E-state index in [1.54, 1.807) is 0 Å². The first kappa shape index (κ1) is 14.9. The largest absolute Gasteiger partial charge is 0.313 e. The Morgan fingerprint density at radius 3 is 2.47 bits per heavy atom. The van der Waals surface area contributed by atoms with Gasteiger partial charge in [0.1, 0.15) is 0 Å². The summed E-state index contributed by atoms with van der Waals surface area (Å²) in [6, 6.07) is 0.763. The predicted octanol–water partition coefficient (Wildman–Crippen LogP) is 2.74. The fourth-order valence-electron chi connectivity index (χ4n) is 1.86. The molecule has 0 spiro atoms. The molecule has 15 heavy (non-hydrogen) atoms. The van der Waals surface area contributed by atoms with Crippen molar-refractivity contribution in [2.75, 3.05) is 26.2 Å². The summed E-state index contributed by atoms with van der Waals surface area (Å²) in [5.41, 5.74) is 0. The summed E-state index contributed by atoms with van der Waals surface area (Å²) in [5.74, 6) is 0.830. The predicted molar refractivity (Wildman–Crippen MR) is 69.3 cm³/mol. The van der Waals surface area contributed by atoms with E-state index in [-0.39, 0.29) is 0 Å². The van der Waals surface area contributed by atoms with Gasteiger partial charge in [-0.3, -0.25) is 0 Å². The minimum absolute atomic E-state index is 0.763. The number of hydrogen-bond acceptors (Lipinski definition) is 2. The van der Waals surface area contributed by atoms with Crippen LogP contribution in [0.1, 0.15) is 47.5 Å². The van der Waals surface area contributed by atoms with Gasteiger partial charge in [-0.05, 0) is 38.4 Å². The Morgan fingerprint density at radius 2 is 2.00 bits per heavy atom. The van der Waals surface area contributed by atoms with Crippen molar-refractivity contribution in [2.45, 2.75) is 53.5 Å². The minimum atomic E-state index is 0.763. The lowest BCUT2D eigenvalue weighted by atomic mass is 10.1. The first-order valence-corrected chi connectivity index (χ1v) is 6.68. The van der Waals surface area contributed by atoms with Gasteiger partial charge in [0.25, 0.3) is 0 Å². The fourth-order valence-corrected chi connectivity index (χ4v) is 1.86. The van der Waals surface area contributed by atoms with Gasteiger partial charge in [-0.2, -0.15) is 0 Å². The molecule has 0 bridgehead atoms. The molecule has 0 amide bonds. The average Bonchev–Trinajstić information content (AvgIpc) is 2.68. The molecule has 1 aliphatic rings. The molecule has 1 N–H and O–H groups in total. The Balaban J connectivity index is 0.000000921. The third-order valence-corrected chi connectivity index (χ3v) is 2.87. The van der Waals surface area contributed by atoms with E-state index in [4.69, 9.17) is 0 Å². The fraction of sp³-hybridized carbons (Fsp3) is 1.00. The summed E-state index contributed by atoms with van der Waals surface area (Å²) in [5, 5.41) is 3.64. The first-order chi connectivity index (χ1) is 7.22. The third kappa shape index (κ3) is 6.91. The molecular weight excluding hydrogens is 184 g/mol. The van der Waals surface area contributed by atoms with Crippen LogP contribution in [0.3, 0.4) is 0 Å². The molecule has 2 heteroatoms. The van der Waals surface area contributed by atoms with Crippen LogP contribution in [0, 0.1) is 5.92 Å². The summed E-state index contributed by atoms with van der Waals surface area (Å²) in [6.45, 7) is 15.8. The highest BCUT2D eigenvalue weighted by atomic mass is 15.2. The van der Waals surface area contributed by atoms with Crippen LogP contribution >= 0.6 is 0 Å². The van der Waals surface area contributed by atoms with Gasteiger partial charge < -0.3 is 10.2 Å². The number of nitrogens with zero attached hydrogens (tertiary/aromatic N) is 1. The molecule has 1 saturated heterocycles. The summed E-state index contributed by atoms with van der Waals surface area (Å²) in [6.07, 6.45) is 2.65. The lowest BCUT2D eigenvalue weighted by Crippen LogP contribution is -2.33. The Hall–Kier alpha value is -0.0800. The molecule has 0 aromatic rings. The standard InChI is InChI=1S/C11H24N2.C2H6/c1-4-13-8-6-11(9-13)12-7-5-10(2)3;1-2/h10-12H,4-9H2,1-3H3;1-2H3.